The monoisotopic (exact) mass is 289 g/mol. The third-order valence-electron chi connectivity index (χ3n) is 2.94. The normalized spacial score (nSPS) is 14.3. The molecular weight excluding hydrogens is 273 g/mol. The first-order valence-electron chi connectivity index (χ1n) is 5.79. The second-order valence-electron chi connectivity index (χ2n) is 4.19. The molecule has 0 bridgehead atoms. The van der Waals surface area contributed by atoms with Crippen LogP contribution in [-0.2, 0) is 15.7 Å². The fraction of sp³-hybridized carbons (Fsp3) is 0.417. The molecule has 1 aromatic rings. The fourth-order valence-electron chi connectivity index (χ4n) is 1.75. The molecule has 5 nitrogen and oxygen atoms in total. The van der Waals surface area contributed by atoms with Gasteiger partial charge in [-0.1, -0.05) is 19.1 Å². The molecule has 0 fully saturated rings. The van der Waals surface area contributed by atoms with Gasteiger partial charge in [-0.25, -0.2) is 17.5 Å². The molecule has 19 heavy (non-hydrogen) atoms. The lowest BCUT2D eigenvalue weighted by molar-refractivity contribution is -0.138. The molecule has 106 valence electrons. The zero-order valence-electron chi connectivity index (χ0n) is 10.6. The highest BCUT2D eigenvalue weighted by atomic mass is 32.2. The number of hydrogen-bond donors (Lipinski definition) is 3. The van der Waals surface area contributed by atoms with E-state index in [1.165, 1.54) is 19.1 Å². The summed E-state index contributed by atoms with van der Waals surface area (Å²) in [5, 5.41) is 8.86. The van der Waals surface area contributed by atoms with Gasteiger partial charge in [0.1, 0.15) is 5.82 Å². The molecule has 1 aromatic carbocycles. The van der Waals surface area contributed by atoms with E-state index in [0.29, 0.717) is 12.0 Å². The Labute approximate surface area is 112 Å². The van der Waals surface area contributed by atoms with Crippen LogP contribution in [0.25, 0.3) is 0 Å². The smallest absolute Gasteiger partial charge is 0.310 e. The van der Waals surface area contributed by atoms with Crippen LogP contribution in [0.1, 0.15) is 43.4 Å². The van der Waals surface area contributed by atoms with Crippen molar-refractivity contribution in [2.75, 3.05) is 0 Å². The maximum atomic E-state index is 13.9. The van der Waals surface area contributed by atoms with Crippen molar-refractivity contribution < 1.29 is 22.7 Å². The summed E-state index contributed by atoms with van der Waals surface area (Å²) >= 11 is 0. The molecule has 0 aliphatic carbocycles. The van der Waals surface area contributed by atoms with Gasteiger partial charge in [0.2, 0.25) is 10.9 Å². The molecule has 2 atom stereocenters. The van der Waals surface area contributed by atoms with Crippen LogP contribution in [-0.4, -0.2) is 19.5 Å². The van der Waals surface area contributed by atoms with Gasteiger partial charge in [-0.2, -0.15) is 0 Å². The summed E-state index contributed by atoms with van der Waals surface area (Å²) in [7, 11) is -2.82. The maximum absolute atomic E-state index is 13.9. The Morgan fingerprint density at radius 1 is 1.47 bits per heavy atom. The molecule has 0 saturated carbocycles. The first-order valence-corrected chi connectivity index (χ1v) is 6.97. The predicted molar refractivity (Wildman–Crippen MR) is 68.9 cm³/mol. The number of aliphatic carboxylic acids is 1. The topological polar surface area (TPSA) is 83.5 Å². The lowest BCUT2D eigenvalue weighted by Gasteiger charge is -2.16. The molecule has 0 heterocycles. The van der Waals surface area contributed by atoms with E-state index in [1.54, 1.807) is 6.92 Å². The van der Waals surface area contributed by atoms with Crippen LogP contribution < -0.4 is 4.72 Å². The first kappa shape index (κ1) is 15.6. The zero-order chi connectivity index (χ0) is 14.6. The summed E-state index contributed by atoms with van der Waals surface area (Å²) < 4.78 is 37.5. The lowest BCUT2D eigenvalue weighted by atomic mass is 9.97. The second kappa shape index (κ2) is 6.63. The summed E-state index contributed by atoms with van der Waals surface area (Å²) in [6.07, 6.45) is 0.397. The molecule has 2 N–H and O–H groups in total. The molecule has 0 aliphatic heterocycles. The van der Waals surface area contributed by atoms with Crippen molar-refractivity contribution in [1.29, 1.82) is 0 Å². The third kappa shape index (κ3) is 4.00. The largest absolute Gasteiger partial charge is 0.481 e. The van der Waals surface area contributed by atoms with Gasteiger partial charge in [0.25, 0.3) is 0 Å². The summed E-state index contributed by atoms with van der Waals surface area (Å²) in [6.45, 7) is 3.19. The molecule has 0 amide bonds. The number of rotatable bonds is 6. The van der Waals surface area contributed by atoms with E-state index >= 15 is 0 Å². The number of benzene rings is 1. The number of hydrogen-bond acceptors (Lipinski definition) is 3. The van der Waals surface area contributed by atoms with Gasteiger partial charge < -0.3 is 5.11 Å². The van der Waals surface area contributed by atoms with Crippen LogP contribution in [0.2, 0.25) is 0 Å². The molecule has 0 radical (unpaired) electrons. The Morgan fingerprint density at radius 2 is 2.11 bits per heavy atom. The molecule has 0 aliphatic rings. The van der Waals surface area contributed by atoms with Crippen molar-refractivity contribution in [3.63, 3.8) is 0 Å². The molecule has 2 unspecified atom stereocenters. The van der Waals surface area contributed by atoms with Crippen molar-refractivity contribution >= 4 is 16.9 Å². The Balaban J connectivity index is 3.08. The molecule has 7 heteroatoms. The lowest BCUT2D eigenvalue weighted by Crippen LogP contribution is -2.20. The highest BCUT2D eigenvalue weighted by molar-refractivity contribution is 7.70. The van der Waals surface area contributed by atoms with E-state index in [1.807, 2.05) is 0 Å². The zero-order valence-corrected chi connectivity index (χ0v) is 11.5. The number of carbonyl (C=O) groups is 1. The first-order chi connectivity index (χ1) is 8.86. The minimum atomic E-state index is -2.82. The van der Waals surface area contributed by atoms with Gasteiger partial charge >= 0.3 is 5.97 Å². The van der Waals surface area contributed by atoms with Gasteiger partial charge in [0.15, 0.2) is 0 Å². The predicted octanol–water partition coefficient (Wildman–Crippen LogP) is 1.58. The van der Waals surface area contributed by atoms with Crippen LogP contribution in [0.15, 0.2) is 18.2 Å². The van der Waals surface area contributed by atoms with Gasteiger partial charge in [0.05, 0.1) is 5.92 Å². The summed E-state index contributed by atoms with van der Waals surface area (Å²) in [6, 6.07) is 3.41. The fourth-order valence-corrected chi connectivity index (χ4v) is 2.32. The molecule has 1 rings (SSSR count). The van der Waals surface area contributed by atoms with E-state index in [0.717, 1.165) is 6.07 Å². The van der Waals surface area contributed by atoms with Crippen LogP contribution in [0.4, 0.5) is 4.39 Å². The van der Waals surface area contributed by atoms with Crippen LogP contribution in [0.5, 0.6) is 0 Å². The van der Waals surface area contributed by atoms with Gasteiger partial charge in [0, 0.05) is 11.6 Å². The van der Waals surface area contributed by atoms with E-state index in [4.69, 9.17) is 5.11 Å². The van der Waals surface area contributed by atoms with Gasteiger partial charge in [-0.3, -0.25) is 4.79 Å². The minimum absolute atomic E-state index is 0.211. The van der Waals surface area contributed by atoms with Gasteiger partial charge in [-0.05, 0) is 25.0 Å². The quantitative estimate of drug-likeness (QED) is 0.694. The van der Waals surface area contributed by atoms with Crippen molar-refractivity contribution in [2.24, 2.45) is 0 Å². The Hall–Kier alpha value is -1.47. The number of halogens is 1. The Kier molecular flexibility index (Phi) is 5.44. The van der Waals surface area contributed by atoms with E-state index in [-0.39, 0.29) is 5.56 Å². The van der Waals surface area contributed by atoms with E-state index in [9.17, 15) is 17.6 Å². The van der Waals surface area contributed by atoms with Crippen LogP contribution >= 0.6 is 0 Å². The Bertz CT molecular complexity index is 537. The standard InChI is InChI=1S/C12H16FNO4S/c1-3-11(14-19(17)18)9-5-4-8(6-10(9)13)7(2)12(15)16/h4-7,11,19H,3H2,1-2H3,(H,15,16)(H,14,17,18). The minimum Gasteiger partial charge on any atom is -0.481 e. The van der Waals surface area contributed by atoms with E-state index < -0.39 is 34.6 Å². The summed E-state index contributed by atoms with van der Waals surface area (Å²) in [5.74, 6) is -2.46. The van der Waals surface area contributed by atoms with Crippen molar-refractivity contribution in [3.8, 4) is 0 Å². The summed E-state index contributed by atoms with van der Waals surface area (Å²) in [5.41, 5.74) is 0.554. The number of carboxylic acid groups (broad SMARTS) is 1. The van der Waals surface area contributed by atoms with Crippen molar-refractivity contribution in [3.05, 3.63) is 35.1 Å². The Morgan fingerprint density at radius 3 is 2.53 bits per heavy atom. The molecule has 0 spiro atoms. The van der Waals surface area contributed by atoms with Crippen molar-refractivity contribution in [1.82, 2.24) is 4.72 Å². The number of nitrogens with one attached hydrogen (secondary N) is 1. The molecular formula is C12H16FNO4S. The third-order valence-corrected chi connectivity index (χ3v) is 3.46. The average Bonchev–Trinajstić information content (AvgIpc) is 2.34. The van der Waals surface area contributed by atoms with Crippen LogP contribution in [0, 0.1) is 5.82 Å². The second-order valence-corrected chi connectivity index (χ2v) is 4.96. The van der Waals surface area contributed by atoms with Crippen LogP contribution in [0.3, 0.4) is 0 Å². The SMILES string of the molecule is CCC(N[SH](=O)=O)c1ccc(C(C)C(=O)O)cc1F. The van der Waals surface area contributed by atoms with E-state index in [2.05, 4.69) is 4.72 Å². The highest BCUT2D eigenvalue weighted by Gasteiger charge is 2.19. The van der Waals surface area contributed by atoms with Gasteiger partial charge in [-0.15, -0.1) is 0 Å². The molecule has 0 aromatic heterocycles. The van der Waals surface area contributed by atoms with Crippen molar-refractivity contribution in [2.45, 2.75) is 32.2 Å². The molecule has 0 saturated heterocycles. The number of carboxylic acids is 1. The summed E-state index contributed by atoms with van der Waals surface area (Å²) in [4.78, 5) is 10.8. The average molecular weight is 289 g/mol. The highest BCUT2D eigenvalue weighted by Crippen LogP contribution is 2.24. The maximum Gasteiger partial charge on any atom is 0.310 e. The number of thiol groups is 1.